The number of aromatic nitrogens is 3. The van der Waals surface area contributed by atoms with E-state index >= 15 is 0 Å². The number of carbonyl (C=O) groups is 1. The van der Waals surface area contributed by atoms with Gasteiger partial charge in [0.15, 0.2) is 11.0 Å². The van der Waals surface area contributed by atoms with E-state index in [2.05, 4.69) is 15.5 Å². The van der Waals surface area contributed by atoms with Crippen LogP contribution in [-0.2, 0) is 11.8 Å². The van der Waals surface area contributed by atoms with Gasteiger partial charge in [-0.05, 0) is 43.3 Å². The highest BCUT2D eigenvalue weighted by molar-refractivity contribution is 8.00. The molecule has 1 aromatic heterocycles. The van der Waals surface area contributed by atoms with Crippen LogP contribution < -0.4 is 10.1 Å². The molecule has 0 spiro atoms. The molecule has 0 aliphatic carbocycles. The molecule has 0 aliphatic heterocycles. The molecule has 0 unspecified atom stereocenters. The van der Waals surface area contributed by atoms with Gasteiger partial charge in [-0.3, -0.25) is 4.79 Å². The molecule has 0 saturated heterocycles. The number of benzene rings is 3. The van der Waals surface area contributed by atoms with E-state index in [9.17, 15) is 4.79 Å². The van der Waals surface area contributed by atoms with Crippen LogP contribution in [0.3, 0.4) is 0 Å². The van der Waals surface area contributed by atoms with Gasteiger partial charge >= 0.3 is 0 Å². The third kappa shape index (κ3) is 5.13. The van der Waals surface area contributed by atoms with Crippen LogP contribution in [0.25, 0.3) is 11.4 Å². The number of para-hydroxylation sites is 1. The number of hydrogen-bond acceptors (Lipinski definition) is 5. The number of ether oxygens (including phenoxy) is 1. The number of amides is 1. The minimum atomic E-state index is -0.341. The summed E-state index contributed by atoms with van der Waals surface area (Å²) in [6.07, 6.45) is 0. The van der Waals surface area contributed by atoms with E-state index in [4.69, 9.17) is 4.74 Å². The first-order valence-electron chi connectivity index (χ1n) is 9.85. The zero-order chi connectivity index (χ0) is 21.6. The van der Waals surface area contributed by atoms with E-state index in [0.717, 1.165) is 17.1 Å². The van der Waals surface area contributed by atoms with Gasteiger partial charge < -0.3 is 14.6 Å². The van der Waals surface area contributed by atoms with Crippen LogP contribution in [0.4, 0.5) is 5.69 Å². The lowest BCUT2D eigenvalue weighted by Crippen LogP contribution is -2.22. The second-order valence-corrected chi connectivity index (χ2v) is 8.23. The van der Waals surface area contributed by atoms with Crippen molar-refractivity contribution < 1.29 is 9.53 Å². The molecule has 3 aromatic carbocycles. The molecule has 156 valence electrons. The molecule has 0 saturated carbocycles. The van der Waals surface area contributed by atoms with Gasteiger partial charge in [-0.15, -0.1) is 10.2 Å². The van der Waals surface area contributed by atoms with Crippen molar-refractivity contribution in [2.24, 2.45) is 7.05 Å². The van der Waals surface area contributed by atoms with Crippen LogP contribution in [-0.4, -0.2) is 25.9 Å². The second kappa shape index (κ2) is 9.49. The van der Waals surface area contributed by atoms with Crippen molar-refractivity contribution in [1.29, 1.82) is 0 Å². The fourth-order valence-electron chi connectivity index (χ4n) is 2.94. The van der Waals surface area contributed by atoms with E-state index in [1.807, 2.05) is 103 Å². The van der Waals surface area contributed by atoms with E-state index in [1.165, 1.54) is 11.8 Å². The fraction of sp³-hybridized carbons (Fsp3) is 0.125. The normalized spacial score (nSPS) is 11.7. The standard InChI is InChI=1S/C24H22N4O2S/c1-17(31-24-27-26-22(28(24)2)18-9-5-3-6-10-18)23(29)25-19-13-15-21(16-14-19)30-20-11-7-4-8-12-20/h3-17H,1-2H3,(H,25,29)/t17-/m1/s1. The van der Waals surface area contributed by atoms with Crippen LogP contribution in [0, 0.1) is 0 Å². The summed E-state index contributed by atoms with van der Waals surface area (Å²) in [4.78, 5) is 12.7. The molecule has 1 heterocycles. The summed E-state index contributed by atoms with van der Waals surface area (Å²) in [6, 6.07) is 26.7. The number of nitrogens with one attached hydrogen (secondary N) is 1. The molecule has 4 aromatic rings. The molecule has 0 bridgehead atoms. The molecular formula is C24H22N4O2S. The SMILES string of the molecule is C[C@@H](Sc1nnc(-c2ccccc2)n1C)C(=O)Nc1ccc(Oc2ccccc2)cc1. The van der Waals surface area contributed by atoms with Gasteiger partial charge in [0.25, 0.3) is 0 Å². The Morgan fingerprint density at radius 3 is 2.19 bits per heavy atom. The lowest BCUT2D eigenvalue weighted by molar-refractivity contribution is -0.115. The van der Waals surface area contributed by atoms with Crippen molar-refractivity contribution in [3.05, 3.63) is 84.9 Å². The van der Waals surface area contributed by atoms with Gasteiger partial charge in [-0.1, -0.05) is 60.3 Å². The van der Waals surface area contributed by atoms with Crippen molar-refractivity contribution in [3.63, 3.8) is 0 Å². The molecule has 7 heteroatoms. The predicted molar refractivity (Wildman–Crippen MR) is 123 cm³/mol. The van der Waals surface area contributed by atoms with Crippen molar-refractivity contribution in [3.8, 4) is 22.9 Å². The number of hydrogen-bond donors (Lipinski definition) is 1. The zero-order valence-electron chi connectivity index (χ0n) is 17.2. The monoisotopic (exact) mass is 430 g/mol. The van der Waals surface area contributed by atoms with Gasteiger partial charge in [0.05, 0.1) is 5.25 Å². The molecule has 1 atom stereocenters. The average Bonchev–Trinajstić information content (AvgIpc) is 3.16. The average molecular weight is 431 g/mol. The van der Waals surface area contributed by atoms with E-state index < -0.39 is 0 Å². The molecule has 6 nitrogen and oxygen atoms in total. The van der Waals surface area contributed by atoms with Gasteiger partial charge in [-0.2, -0.15) is 0 Å². The van der Waals surface area contributed by atoms with Gasteiger partial charge in [0.2, 0.25) is 5.91 Å². The Labute approximate surface area is 185 Å². The molecular weight excluding hydrogens is 408 g/mol. The zero-order valence-corrected chi connectivity index (χ0v) is 18.0. The first kappa shape index (κ1) is 20.7. The summed E-state index contributed by atoms with van der Waals surface area (Å²) in [7, 11) is 1.90. The Morgan fingerprint density at radius 1 is 0.903 bits per heavy atom. The number of thioether (sulfide) groups is 1. The van der Waals surface area contributed by atoms with E-state index in [-0.39, 0.29) is 11.2 Å². The van der Waals surface area contributed by atoms with Crippen LogP contribution in [0.1, 0.15) is 6.92 Å². The lowest BCUT2D eigenvalue weighted by atomic mass is 10.2. The summed E-state index contributed by atoms with van der Waals surface area (Å²) >= 11 is 1.37. The third-order valence-electron chi connectivity index (χ3n) is 4.62. The highest BCUT2D eigenvalue weighted by atomic mass is 32.2. The number of nitrogens with zero attached hydrogens (tertiary/aromatic N) is 3. The van der Waals surface area contributed by atoms with Gasteiger partial charge in [-0.25, -0.2) is 0 Å². The first-order chi connectivity index (χ1) is 15.1. The summed E-state index contributed by atoms with van der Waals surface area (Å²) < 4.78 is 7.68. The molecule has 0 fully saturated rings. The smallest absolute Gasteiger partial charge is 0.237 e. The predicted octanol–water partition coefficient (Wildman–Crippen LogP) is 5.39. The topological polar surface area (TPSA) is 69.0 Å². The maximum absolute atomic E-state index is 12.7. The number of anilines is 1. The minimum Gasteiger partial charge on any atom is -0.457 e. The number of carbonyl (C=O) groups excluding carboxylic acids is 1. The molecule has 31 heavy (non-hydrogen) atoms. The molecule has 1 amide bonds. The highest BCUT2D eigenvalue weighted by Gasteiger charge is 2.19. The van der Waals surface area contributed by atoms with Gasteiger partial charge in [0.1, 0.15) is 11.5 Å². The summed E-state index contributed by atoms with van der Waals surface area (Å²) in [5.41, 5.74) is 1.69. The minimum absolute atomic E-state index is 0.106. The second-order valence-electron chi connectivity index (χ2n) is 6.92. The Hall–Kier alpha value is -3.58. The van der Waals surface area contributed by atoms with Crippen LogP contribution in [0.2, 0.25) is 0 Å². The van der Waals surface area contributed by atoms with Crippen molar-refractivity contribution in [2.45, 2.75) is 17.3 Å². The Kier molecular flexibility index (Phi) is 6.33. The Bertz CT molecular complexity index is 1150. The summed E-state index contributed by atoms with van der Waals surface area (Å²) in [5.74, 6) is 2.14. The molecule has 1 N–H and O–H groups in total. The Morgan fingerprint density at radius 2 is 1.52 bits per heavy atom. The third-order valence-corrected chi connectivity index (χ3v) is 5.75. The van der Waals surface area contributed by atoms with E-state index in [1.54, 1.807) is 0 Å². The maximum atomic E-state index is 12.7. The maximum Gasteiger partial charge on any atom is 0.237 e. The van der Waals surface area contributed by atoms with Gasteiger partial charge in [0, 0.05) is 18.3 Å². The van der Waals surface area contributed by atoms with E-state index in [0.29, 0.717) is 16.6 Å². The fourth-order valence-corrected chi connectivity index (χ4v) is 3.76. The molecule has 0 aliphatic rings. The first-order valence-corrected chi connectivity index (χ1v) is 10.7. The van der Waals surface area contributed by atoms with Crippen LogP contribution in [0.15, 0.2) is 90.1 Å². The molecule has 0 radical (unpaired) electrons. The largest absolute Gasteiger partial charge is 0.457 e. The molecule has 4 rings (SSSR count). The van der Waals surface area contributed by atoms with Crippen molar-refractivity contribution >= 4 is 23.4 Å². The highest BCUT2D eigenvalue weighted by Crippen LogP contribution is 2.27. The Balaban J connectivity index is 1.36. The van der Waals surface area contributed by atoms with Crippen molar-refractivity contribution in [2.75, 3.05) is 5.32 Å². The quantitative estimate of drug-likeness (QED) is 0.398. The summed E-state index contributed by atoms with van der Waals surface area (Å²) in [5, 5.41) is 11.8. The lowest BCUT2D eigenvalue weighted by Gasteiger charge is -2.12. The summed E-state index contributed by atoms with van der Waals surface area (Å²) in [6.45, 7) is 1.85. The number of rotatable bonds is 7. The van der Waals surface area contributed by atoms with Crippen LogP contribution in [0.5, 0.6) is 11.5 Å². The van der Waals surface area contributed by atoms with Crippen LogP contribution >= 0.6 is 11.8 Å². The van der Waals surface area contributed by atoms with Crippen molar-refractivity contribution in [1.82, 2.24) is 14.8 Å².